The van der Waals surface area contributed by atoms with Gasteiger partial charge in [-0.3, -0.25) is 9.59 Å². The normalized spacial score (nSPS) is 15.9. The predicted molar refractivity (Wildman–Crippen MR) is 98.3 cm³/mol. The molecule has 0 spiro atoms. The van der Waals surface area contributed by atoms with Gasteiger partial charge in [-0.05, 0) is 30.9 Å². The molecule has 24 heavy (non-hydrogen) atoms. The maximum absolute atomic E-state index is 12.0. The van der Waals surface area contributed by atoms with Crippen LogP contribution in [0.25, 0.3) is 0 Å². The molecular formula is C18H28ClN3O2. The van der Waals surface area contributed by atoms with Gasteiger partial charge in [0, 0.05) is 12.0 Å². The van der Waals surface area contributed by atoms with E-state index in [-0.39, 0.29) is 42.7 Å². The first-order valence-corrected chi connectivity index (χ1v) is 8.37. The third-order valence-corrected chi connectivity index (χ3v) is 4.78. The number of nitrogens with two attached hydrogens (primary N) is 1. The number of aryl methyl sites for hydroxylation is 1. The molecule has 0 radical (unpaired) electrons. The zero-order chi connectivity index (χ0) is 16.7. The first kappa shape index (κ1) is 20.5. The Morgan fingerprint density at radius 2 is 1.75 bits per heavy atom. The summed E-state index contributed by atoms with van der Waals surface area (Å²) in [6.07, 6.45) is 5.82. The van der Waals surface area contributed by atoms with Gasteiger partial charge in [-0.2, -0.15) is 0 Å². The Morgan fingerprint density at radius 1 is 1.08 bits per heavy atom. The molecule has 0 bridgehead atoms. The zero-order valence-electron chi connectivity index (χ0n) is 14.3. The molecule has 1 saturated carbocycles. The number of hydrogen-bond acceptors (Lipinski definition) is 3. The third-order valence-electron chi connectivity index (χ3n) is 4.78. The second kappa shape index (κ2) is 9.64. The van der Waals surface area contributed by atoms with Crippen LogP contribution in [0.5, 0.6) is 0 Å². The lowest BCUT2D eigenvalue weighted by Gasteiger charge is -2.39. The van der Waals surface area contributed by atoms with Crippen LogP contribution in [0.4, 0.5) is 0 Å². The van der Waals surface area contributed by atoms with Crippen molar-refractivity contribution in [3.8, 4) is 0 Å². The van der Waals surface area contributed by atoms with Crippen LogP contribution in [0.1, 0.15) is 43.2 Å². The molecule has 0 saturated heterocycles. The molecular weight excluding hydrogens is 326 g/mol. The average molecular weight is 354 g/mol. The summed E-state index contributed by atoms with van der Waals surface area (Å²) in [6, 6.07) is 8.44. The monoisotopic (exact) mass is 353 g/mol. The summed E-state index contributed by atoms with van der Waals surface area (Å²) >= 11 is 0. The number of nitrogens with one attached hydrogen (secondary N) is 2. The van der Waals surface area contributed by atoms with E-state index in [9.17, 15) is 9.59 Å². The Labute approximate surface area is 150 Å². The van der Waals surface area contributed by atoms with Crippen molar-refractivity contribution in [2.75, 3.05) is 19.6 Å². The molecule has 5 nitrogen and oxygen atoms in total. The Hall–Kier alpha value is -1.59. The van der Waals surface area contributed by atoms with Gasteiger partial charge in [0.2, 0.25) is 11.8 Å². The number of benzene rings is 1. The first-order chi connectivity index (χ1) is 11.1. The summed E-state index contributed by atoms with van der Waals surface area (Å²) in [4.78, 5) is 23.1. The van der Waals surface area contributed by atoms with E-state index in [2.05, 4.69) is 41.8 Å². The molecule has 1 fully saturated rings. The lowest BCUT2D eigenvalue weighted by atomic mass is 9.68. The second-order valence-corrected chi connectivity index (χ2v) is 6.41. The zero-order valence-corrected chi connectivity index (χ0v) is 15.1. The van der Waals surface area contributed by atoms with Gasteiger partial charge in [0.05, 0.1) is 13.1 Å². The molecule has 2 rings (SSSR count). The van der Waals surface area contributed by atoms with Crippen LogP contribution in [-0.4, -0.2) is 31.4 Å². The van der Waals surface area contributed by atoms with Gasteiger partial charge in [-0.15, -0.1) is 12.4 Å². The van der Waals surface area contributed by atoms with Crippen LogP contribution in [0.15, 0.2) is 24.3 Å². The number of amides is 2. The minimum atomic E-state index is -0.313. The molecule has 1 aliphatic carbocycles. The number of hydrogen-bond donors (Lipinski definition) is 3. The van der Waals surface area contributed by atoms with Crippen molar-refractivity contribution in [1.29, 1.82) is 0 Å². The molecule has 0 heterocycles. The van der Waals surface area contributed by atoms with Crippen LogP contribution < -0.4 is 16.4 Å². The first-order valence-electron chi connectivity index (χ1n) is 8.37. The fraction of sp³-hybridized carbons (Fsp3) is 0.556. The molecule has 1 aromatic rings. The van der Waals surface area contributed by atoms with Crippen LogP contribution >= 0.6 is 12.4 Å². The van der Waals surface area contributed by atoms with E-state index < -0.39 is 0 Å². The molecule has 134 valence electrons. The summed E-state index contributed by atoms with van der Waals surface area (Å²) in [5.74, 6) is -0.475. The van der Waals surface area contributed by atoms with E-state index in [1.165, 1.54) is 30.4 Å². The largest absolute Gasteiger partial charge is 0.354 e. The molecule has 6 heteroatoms. The van der Waals surface area contributed by atoms with Crippen LogP contribution in [0.2, 0.25) is 0 Å². The maximum Gasteiger partial charge on any atom is 0.239 e. The van der Waals surface area contributed by atoms with E-state index in [0.717, 1.165) is 12.8 Å². The Morgan fingerprint density at radius 3 is 2.38 bits per heavy atom. The fourth-order valence-electron chi connectivity index (χ4n) is 3.52. The predicted octanol–water partition coefficient (Wildman–Crippen LogP) is 1.81. The lowest BCUT2D eigenvalue weighted by molar-refractivity contribution is -0.125. The molecule has 0 unspecified atom stereocenters. The fourth-order valence-corrected chi connectivity index (χ4v) is 3.52. The highest BCUT2D eigenvalue weighted by Gasteiger charge is 2.35. The van der Waals surface area contributed by atoms with Crippen molar-refractivity contribution < 1.29 is 9.59 Å². The highest BCUT2D eigenvalue weighted by atomic mass is 35.5. The number of halogens is 1. The van der Waals surface area contributed by atoms with Crippen LogP contribution in [0, 0.1) is 6.92 Å². The number of rotatable bonds is 6. The Balaban J connectivity index is 0.00000288. The topological polar surface area (TPSA) is 84.2 Å². The van der Waals surface area contributed by atoms with Crippen molar-refractivity contribution in [2.24, 2.45) is 5.73 Å². The second-order valence-electron chi connectivity index (χ2n) is 6.41. The van der Waals surface area contributed by atoms with Crippen molar-refractivity contribution in [3.05, 3.63) is 35.4 Å². The quantitative estimate of drug-likeness (QED) is 0.729. The highest BCUT2D eigenvalue weighted by Crippen LogP contribution is 2.40. The minimum Gasteiger partial charge on any atom is -0.354 e. The maximum atomic E-state index is 12.0. The molecule has 4 N–H and O–H groups in total. The molecule has 0 aliphatic heterocycles. The van der Waals surface area contributed by atoms with Crippen molar-refractivity contribution in [1.82, 2.24) is 10.6 Å². The molecule has 0 atom stereocenters. The Bertz CT molecular complexity index is 557. The van der Waals surface area contributed by atoms with Gasteiger partial charge in [-0.25, -0.2) is 0 Å². The SMILES string of the molecule is Cc1ccccc1C1(CNC(=O)CNC(=O)CN)CCCCC1.Cl. The van der Waals surface area contributed by atoms with E-state index >= 15 is 0 Å². The number of carbonyl (C=O) groups excluding carboxylic acids is 2. The lowest BCUT2D eigenvalue weighted by Crippen LogP contribution is -2.46. The molecule has 0 aromatic heterocycles. The van der Waals surface area contributed by atoms with Gasteiger partial charge in [0.25, 0.3) is 0 Å². The molecule has 2 amide bonds. The summed E-state index contributed by atoms with van der Waals surface area (Å²) in [7, 11) is 0. The van der Waals surface area contributed by atoms with E-state index in [1.54, 1.807) is 0 Å². The standard InChI is InChI=1S/C18H27N3O2.ClH/c1-14-7-3-4-8-15(14)18(9-5-2-6-10-18)13-21-17(23)12-20-16(22)11-19;/h3-4,7-8H,2,5-6,9-13,19H2,1H3,(H,20,22)(H,21,23);1H. The molecule has 1 aromatic carbocycles. The number of carbonyl (C=O) groups is 2. The third kappa shape index (κ3) is 5.21. The summed E-state index contributed by atoms with van der Waals surface area (Å²) in [6.45, 7) is 2.64. The van der Waals surface area contributed by atoms with Crippen molar-refractivity contribution in [2.45, 2.75) is 44.4 Å². The summed E-state index contributed by atoms with van der Waals surface area (Å²) in [5, 5.41) is 5.51. The van der Waals surface area contributed by atoms with E-state index in [0.29, 0.717) is 6.54 Å². The highest BCUT2D eigenvalue weighted by molar-refractivity contribution is 5.85. The summed E-state index contributed by atoms with van der Waals surface area (Å²) < 4.78 is 0. The van der Waals surface area contributed by atoms with Gasteiger partial charge in [0.1, 0.15) is 0 Å². The Kier molecular flexibility index (Phi) is 8.22. The molecule has 1 aliphatic rings. The van der Waals surface area contributed by atoms with Gasteiger partial charge in [0.15, 0.2) is 0 Å². The van der Waals surface area contributed by atoms with Gasteiger partial charge < -0.3 is 16.4 Å². The van der Waals surface area contributed by atoms with E-state index in [4.69, 9.17) is 5.73 Å². The average Bonchev–Trinajstić information content (AvgIpc) is 2.59. The van der Waals surface area contributed by atoms with Crippen LogP contribution in [-0.2, 0) is 15.0 Å². The van der Waals surface area contributed by atoms with Crippen LogP contribution in [0.3, 0.4) is 0 Å². The van der Waals surface area contributed by atoms with Crippen molar-refractivity contribution in [3.63, 3.8) is 0 Å². The van der Waals surface area contributed by atoms with Gasteiger partial charge in [-0.1, -0.05) is 43.5 Å². The smallest absolute Gasteiger partial charge is 0.239 e. The minimum absolute atomic E-state index is 0. The van der Waals surface area contributed by atoms with E-state index in [1.807, 2.05) is 0 Å². The van der Waals surface area contributed by atoms with Crippen molar-refractivity contribution >= 4 is 24.2 Å². The summed E-state index contributed by atoms with van der Waals surface area (Å²) in [5.41, 5.74) is 7.85. The van der Waals surface area contributed by atoms with Gasteiger partial charge >= 0.3 is 0 Å².